The van der Waals surface area contributed by atoms with Crippen molar-refractivity contribution in [3.63, 3.8) is 0 Å². The van der Waals surface area contributed by atoms with Crippen molar-refractivity contribution in [1.82, 2.24) is 0 Å². The Labute approximate surface area is 109 Å². The normalized spacial score (nSPS) is 42.7. The number of aliphatic carboxylic acids is 1. The average molecular weight is 248 g/mol. The Balaban J connectivity index is 1.74. The molecule has 0 atom stereocenters. The molecule has 0 aliphatic heterocycles. The summed E-state index contributed by atoms with van der Waals surface area (Å²) in [4.78, 5) is 11.1. The summed E-state index contributed by atoms with van der Waals surface area (Å²) in [5.74, 6) is 3.62. The van der Waals surface area contributed by atoms with Crippen LogP contribution in [0.25, 0.3) is 0 Å². The molecule has 0 amide bonds. The van der Waals surface area contributed by atoms with Crippen molar-refractivity contribution >= 4 is 5.97 Å². The fourth-order valence-electron chi connectivity index (χ4n) is 4.70. The summed E-state index contributed by atoms with van der Waals surface area (Å²) < 4.78 is 0. The number of hydrogen-bond donors (Lipinski definition) is 1. The van der Waals surface area contributed by atoms with Gasteiger partial charge in [-0.1, -0.05) is 12.2 Å². The predicted octanol–water partition coefficient (Wildman–Crippen LogP) is 3.73. The molecule has 1 N–H and O–H groups in total. The standard InChI is InChI=1S/C16H24O2/c1-16(2,15(17)18)4-3-14-12-6-10-5-11(8-12)9-13(14)7-10/h3-4,10-14H,5-9H2,1-2H3,(H,17,18)/b4-3+. The van der Waals surface area contributed by atoms with E-state index in [1.807, 2.05) is 6.08 Å². The first kappa shape index (κ1) is 12.3. The van der Waals surface area contributed by atoms with Gasteiger partial charge in [-0.25, -0.2) is 0 Å². The van der Waals surface area contributed by atoms with Crippen LogP contribution in [-0.4, -0.2) is 11.1 Å². The van der Waals surface area contributed by atoms with Gasteiger partial charge in [-0.05, 0) is 75.5 Å². The summed E-state index contributed by atoms with van der Waals surface area (Å²) >= 11 is 0. The monoisotopic (exact) mass is 248 g/mol. The molecule has 2 nitrogen and oxygen atoms in total. The molecule has 0 radical (unpaired) electrons. The SMILES string of the molecule is CC(C)(/C=C/C1C2CC3CC(C2)CC1C3)C(=O)O. The van der Waals surface area contributed by atoms with Crippen LogP contribution >= 0.6 is 0 Å². The molecule has 4 aliphatic carbocycles. The highest BCUT2D eigenvalue weighted by atomic mass is 16.4. The molecule has 0 saturated heterocycles. The minimum Gasteiger partial charge on any atom is -0.481 e. The van der Waals surface area contributed by atoms with Crippen LogP contribution in [0.3, 0.4) is 0 Å². The van der Waals surface area contributed by atoms with E-state index in [0.717, 1.165) is 23.7 Å². The molecule has 4 aliphatic rings. The van der Waals surface area contributed by atoms with E-state index in [2.05, 4.69) is 6.08 Å². The Morgan fingerprint density at radius 3 is 2.00 bits per heavy atom. The molecular weight excluding hydrogens is 224 g/mol. The molecule has 4 fully saturated rings. The van der Waals surface area contributed by atoms with Gasteiger partial charge in [0.15, 0.2) is 0 Å². The lowest BCUT2D eigenvalue weighted by atomic mass is 9.52. The fraction of sp³-hybridized carbons (Fsp3) is 0.812. The number of hydrogen-bond acceptors (Lipinski definition) is 1. The molecule has 0 aromatic carbocycles. The zero-order chi connectivity index (χ0) is 12.9. The molecule has 0 unspecified atom stereocenters. The van der Waals surface area contributed by atoms with Crippen LogP contribution in [0.5, 0.6) is 0 Å². The molecule has 18 heavy (non-hydrogen) atoms. The van der Waals surface area contributed by atoms with Crippen molar-refractivity contribution in [2.24, 2.45) is 35.0 Å². The highest BCUT2D eigenvalue weighted by molar-refractivity contribution is 5.75. The maximum atomic E-state index is 11.1. The number of allylic oxidation sites excluding steroid dienone is 1. The van der Waals surface area contributed by atoms with Crippen LogP contribution in [0.15, 0.2) is 12.2 Å². The minimum atomic E-state index is -0.720. The summed E-state index contributed by atoms with van der Waals surface area (Å²) in [7, 11) is 0. The van der Waals surface area contributed by atoms with E-state index in [0.29, 0.717) is 5.92 Å². The van der Waals surface area contributed by atoms with Crippen LogP contribution < -0.4 is 0 Å². The third-order valence-corrected chi connectivity index (χ3v) is 5.59. The van der Waals surface area contributed by atoms with Gasteiger partial charge in [0.1, 0.15) is 0 Å². The van der Waals surface area contributed by atoms with Gasteiger partial charge in [0.05, 0.1) is 5.41 Å². The maximum absolute atomic E-state index is 11.1. The fourth-order valence-corrected chi connectivity index (χ4v) is 4.70. The number of carboxylic acid groups (broad SMARTS) is 1. The highest BCUT2D eigenvalue weighted by Gasteiger charge is 2.47. The smallest absolute Gasteiger partial charge is 0.312 e. The minimum absolute atomic E-state index is 0.663. The Hall–Kier alpha value is -0.790. The molecule has 4 saturated carbocycles. The molecule has 0 aromatic rings. The van der Waals surface area contributed by atoms with E-state index in [4.69, 9.17) is 0 Å². The van der Waals surface area contributed by atoms with Crippen molar-refractivity contribution in [2.45, 2.75) is 46.0 Å². The van der Waals surface area contributed by atoms with Gasteiger partial charge in [0.25, 0.3) is 0 Å². The number of carbonyl (C=O) groups is 1. The lowest BCUT2D eigenvalue weighted by molar-refractivity contribution is -0.144. The molecule has 0 heterocycles. The lowest BCUT2D eigenvalue weighted by Gasteiger charge is -2.53. The van der Waals surface area contributed by atoms with E-state index in [1.165, 1.54) is 32.1 Å². The molecule has 0 aromatic heterocycles. The molecule has 4 rings (SSSR count). The quantitative estimate of drug-likeness (QED) is 0.773. The van der Waals surface area contributed by atoms with Gasteiger partial charge in [-0.3, -0.25) is 4.79 Å². The van der Waals surface area contributed by atoms with Gasteiger partial charge >= 0.3 is 5.97 Å². The maximum Gasteiger partial charge on any atom is 0.312 e. The van der Waals surface area contributed by atoms with E-state index in [9.17, 15) is 9.90 Å². The topological polar surface area (TPSA) is 37.3 Å². The van der Waals surface area contributed by atoms with E-state index < -0.39 is 11.4 Å². The third-order valence-electron chi connectivity index (χ3n) is 5.59. The lowest BCUT2D eigenvalue weighted by Crippen LogP contribution is -2.44. The Morgan fingerprint density at radius 1 is 1.06 bits per heavy atom. The van der Waals surface area contributed by atoms with E-state index in [-0.39, 0.29) is 0 Å². The van der Waals surface area contributed by atoms with Crippen LogP contribution in [0.1, 0.15) is 46.0 Å². The Bertz CT molecular complexity index is 353. The second-order valence-corrected chi connectivity index (χ2v) is 7.39. The number of carboxylic acids is 1. The summed E-state index contributed by atoms with van der Waals surface area (Å²) in [6.07, 6.45) is 11.3. The highest BCUT2D eigenvalue weighted by Crippen LogP contribution is 2.56. The van der Waals surface area contributed by atoms with E-state index >= 15 is 0 Å². The van der Waals surface area contributed by atoms with Crippen LogP contribution in [-0.2, 0) is 4.79 Å². The van der Waals surface area contributed by atoms with Gasteiger partial charge in [0, 0.05) is 0 Å². The molecule has 100 valence electrons. The van der Waals surface area contributed by atoms with E-state index in [1.54, 1.807) is 13.8 Å². The van der Waals surface area contributed by atoms with Crippen molar-refractivity contribution in [2.75, 3.05) is 0 Å². The van der Waals surface area contributed by atoms with Gasteiger partial charge in [0.2, 0.25) is 0 Å². The van der Waals surface area contributed by atoms with Crippen molar-refractivity contribution in [1.29, 1.82) is 0 Å². The van der Waals surface area contributed by atoms with Crippen LogP contribution in [0, 0.1) is 35.0 Å². The molecular formula is C16H24O2. The summed E-state index contributed by atoms with van der Waals surface area (Å²) in [5, 5.41) is 9.17. The second kappa shape index (κ2) is 4.11. The average Bonchev–Trinajstić information content (AvgIpc) is 2.26. The second-order valence-electron chi connectivity index (χ2n) is 7.39. The van der Waals surface area contributed by atoms with Crippen molar-refractivity contribution in [3.8, 4) is 0 Å². The van der Waals surface area contributed by atoms with Gasteiger partial charge < -0.3 is 5.11 Å². The van der Waals surface area contributed by atoms with Crippen molar-refractivity contribution < 1.29 is 9.90 Å². The predicted molar refractivity (Wildman–Crippen MR) is 71.1 cm³/mol. The molecule has 2 heteroatoms. The zero-order valence-corrected chi connectivity index (χ0v) is 11.4. The first-order valence-corrected chi connectivity index (χ1v) is 7.38. The first-order valence-electron chi connectivity index (χ1n) is 7.38. The number of rotatable bonds is 3. The molecule has 0 spiro atoms. The third kappa shape index (κ3) is 2.00. The first-order chi connectivity index (χ1) is 8.45. The Kier molecular flexibility index (Phi) is 2.80. The van der Waals surface area contributed by atoms with Crippen LogP contribution in [0.2, 0.25) is 0 Å². The molecule has 4 bridgehead atoms. The summed E-state index contributed by atoms with van der Waals surface area (Å²) in [6, 6.07) is 0. The van der Waals surface area contributed by atoms with Crippen molar-refractivity contribution in [3.05, 3.63) is 12.2 Å². The summed E-state index contributed by atoms with van der Waals surface area (Å²) in [5.41, 5.74) is -0.714. The largest absolute Gasteiger partial charge is 0.481 e. The van der Waals surface area contributed by atoms with Gasteiger partial charge in [-0.2, -0.15) is 0 Å². The van der Waals surface area contributed by atoms with Crippen LogP contribution in [0.4, 0.5) is 0 Å². The summed E-state index contributed by atoms with van der Waals surface area (Å²) in [6.45, 7) is 3.59. The zero-order valence-electron chi connectivity index (χ0n) is 11.4. The Morgan fingerprint density at radius 2 is 1.56 bits per heavy atom. The van der Waals surface area contributed by atoms with Gasteiger partial charge in [-0.15, -0.1) is 0 Å².